The summed E-state index contributed by atoms with van der Waals surface area (Å²) in [7, 11) is 3.79. The molecule has 1 aromatic carbocycles. The summed E-state index contributed by atoms with van der Waals surface area (Å²) in [6.07, 6.45) is 5.08. The fraction of sp³-hybridized carbons (Fsp3) is 0.625. The van der Waals surface area contributed by atoms with Gasteiger partial charge >= 0.3 is 0 Å². The first-order chi connectivity index (χ1) is 8.63. The predicted molar refractivity (Wildman–Crippen MR) is 78.4 cm³/mol. The van der Waals surface area contributed by atoms with Crippen LogP contribution in [0.25, 0.3) is 0 Å². The zero-order valence-electron chi connectivity index (χ0n) is 12.5. The minimum Gasteiger partial charge on any atom is -0.496 e. The van der Waals surface area contributed by atoms with E-state index < -0.39 is 0 Å². The van der Waals surface area contributed by atoms with Crippen LogP contribution < -0.4 is 10.1 Å². The van der Waals surface area contributed by atoms with Crippen LogP contribution in [-0.4, -0.2) is 14.2 Å². The Morgan fingerprint density at radius 2 is 1.89 bits per heavy atom. The molecule has 1 atom stereocenters. The lowest BCUT2D eigenvalue weighted by Crippen LogP contribution is -2.17. The molecule has 0 aliphatic rings. The quantitative estimate of drug-likeness (QED) is 0.733. The molecule has 0 saturated carbocycles. The summed E-state index contributed by atoms with van der Waals surface area (Å²) in [6, 6.07) is 4.87. The van der Waals surface area contributed by atoms with E-state index in [0.717, 1.165) is 5.75 Å². The van der Waals surface area contributed by atoms with E-state index in [1.54, 1.807) is 7.11 Å². The van der Waals surface area contributed by atoms with Gasteiger partial charge in [0.05, 0.1) is 7.11 Å². The van der Waals surface area contributed by atoms with Crippen LogP contribution in [0.2, 0.25) is 0 Å². The molecule has 1 unspecified atom stereocenters. The fourth-order valence-electron chi connectivity index (χ4n) is 2.46. The van der Waals surface area contributed by atoms with E-state index in [2.05, 4.69) is 45.3 Å². The van der Waals surface area contributed by atoms with Crippen molar-refractivity contribution in [2.24, 2.45) is 0 Å². The van der Waals surface area contributed by atoms with Crippen LogP contribution in [-0.2, 0) is 0 Å². The van der Waals surface area contributed by atoms with Gasteiger partial charge in [-0.2, -0.15) is 0 Å². The Morgan fingerprint density at radius 3 is 2.44 bits per heavy atom. The van der Waals surface area contributed by atoms with Crippen LogP contribution in [0.3, 0.4) is 0 Å². The Kier molecular flexibility index (Phi) is 6.20. The third-order valence-corrected chi connectivity index (χ3v) is 3.60. The highest BCUT2D eigenvalue weighted by Gasteiger charge is 2.13. The minimum atomic E-state index is 0.459. The van der Waals surface area contributed by atoms with Crippen LogP contribution in [0.4, 0.5) is 0 Å². The van der Waals surface area contributed by atoms with Gasteiger partial charge in [0.1, 0.15) is 5.75 Å². The Balaban J connectivity index is 2.88. The summed E-state index contributed by atoms with van der Waals surface area (Å²) < 4.78 is 5.37. The summed E-state index contributed by atoms with van der Waals surface area (Å²) in [5.74, 6) is 0.986. The number of nitrogens with one attached hydrogen (secondary N) is 1. The second-order valence-electron chi connectivity index (χ2n) is 5.02. The van der Waals surface area contributed by atoms with Gasteiger partial charge in [0.25, 0.3) is 0 Å². The summed E-state index contributed by atoms with van der Waals surface area (Å²) >= 11 is 0. The summed E-state index contributed by atoms with van der Waals surface area (Å²) in [5, 5.41) is 3.44. The first-order valence-corrected chi connectivity index (χ1v) is 6.96. The van der Waals surface area contributed by atoms with E-state index in [4.69, 9.17) is 4.74 Å². The van der Waals surface area contributed by atoms with Gasteiger partial charge in [0.15, 0.2) is 0 Å². The van der Waals surface area contributed by atoms with Gasteiger partial charge in [-0.05, 0) is 50.1 Å². The third-order valence-electron chi connectivity index (χ3n) is 3.60. The molecule has 1 aromatic rings. The number of benzene rings is 1. The molecular formula is C16H27NO. The van der Waals surface area contributed by atoms with E-state index in [0.29, 0.717) is 6.04 Å². The van der Waals surface area contributed by atoms with Crippen LogP contribution >= 0.6 is 0 Å². The zero-order chi connectivity index (χ0) is 13.5. The molecule has 0 spiro atoms. The van der Waals surface area contributed by atoms with Crippen LogP contribution in [0.15, 0.2) is 12.1 Å². The molecule has 2 heteroatoms. The lowest BCUT2D eigenvalue weighted by Gasteiger charge is -2.20. The molecule has 1 N–H and O–H groups in total. The molecule has 0 aromatic heterocycles. The van der Waals surface area contributed by atoms with E-state index in [9.17, 15) is 0 Å². The Labute approximate surface area is 112 Å². The van der Waals surface area contributed by atoms with Gasteiger partial charge in [-0.3, -0.25) is 0 Å². The maximum absolute atomic E-state index is 5.37. The lowest BCUT2D eigenvalue weighted by atomic mass is 9.94. The summed E-state index contributed by atoms with van der Waals surface area (Å²) in [4.78, 5) is 0. The zero-order valence-corrected chi connectivity index (χ0v) is 12.5. The number of ether oxygens (including phenoxy) is 1. The van der Waals surface area contributed by atoms with Crippen molar-refractivity contribution < 1.29 is 4.74 Å². The first kappa shape index (κ1) is 15.0. The topological polar surface area (TPSA) is 21.3 Å². The molecular weight excluding hydrogens is 222 g/mol. The maximum Gasteiger partial charge on any atom is 0.122 e. The van der Waals surface area contributed by atoms with E-state index in [1.165, 1.54) is 42.4 Å². The van der Waals surface area contributed by atoms with Gasteiger partial charge in [0, 0.05) is 6.04 Å². The Hall–Kier alpha value is -1.02. The average Bonchev–Trinajstić information content (AvgIpc) is 2.37. The van der Waals surface area contributed by atoms with Crippen molar-refractivity contribution in [3.63, 3.8) is 0 Å². The fourth-order valence-corrected chi connectivity index (χ4v) is 2.46. The number of hydrogen-bond donors (Lipinski definition) is 1. The SMILES string of the molecule is CCCCCC(NC)c1cc(C)c(OC)cc1C. The Morgan fingerprint density at radius 1 is 1.17 bits per heavy atom. The van der Waals surface area contributed by atoms with Crippen molar-refractivity contribution in [2.45, 2.75) is 52.5 Å². The van der Waals surface area contributed by atoms with Gasteiger partial charge in [0.2, 0.25) is 0 Å². The van der Waals surface area contributed by atoms with E-state index in [-0.39, 0.29) is 0 Å². The molecule has 0 bridgehead atoms. The minimum absolute atomic E-state index is 0.459. The standard InChI is InChI=1S/C16H27NO/c1-6-7-8-9-15(17-4)14-10-13(3)16(18-5)11-12(14)2/h10-11,15,17H,6-9H2,1-5H3. The largest absolute Gasteiger partial charge is 0.496 e. The number of rotatable bonds is 7. The van der Waals surface area contributed by atoms with Gasteiger partial charge < -0.3 is 10.1 Å². The molecule has 0 amide bonds. The van der Waals surface area contributed by atoms with Crippen LogP contribution in [0.5, 0.6) is 5.75 Å². The highest BCUT2D eigenvalue weighted by molar-refractivity contribution is 5.42. The molecule has 18 heavy (non-hydrogen) atoms. The molecule has 0 saturated heterocycles. The number of unbranched alkanes of at least 4 members (excludes halogenated alkanes) is 2. The molecule has 0 fully saturated rings. The van der Waals surface area contributed by atoms with Crippen molar-refractivity contribution in [3.05, 3.63) is 28.8 Å². The third kappa shape index (κ3) is 3.74. The lowest BCUT2D eigenvalue weighted by molar-refractivity contribution is 0.410. The number of aryl methyl sites for hydroxylation is 2. The van der Waals surface area contributed by atoms with Crippen molar-refractivity contribution in [1.29, 1.82) is 0 Å². The number of hydrogen-bond acceptors (Lipinski definition) is 2. The Bertz CT molecular complexity index is 374. The highest BCUT2D eigenvalue weighted by atomic mass is 16.5. The summed E-state index contributed by atoms with van der Waals surface area (Å²) in [6.45, 7) is 6.53. The molecule has 2 nitrogen and oxygen atoms in total. The molecule has 0 aliphatic heterocycles. The molecule has 0 heterocycles. The van der Waals surface area contributed by atoms with Crippen molar-refractivity contribution in [3.8, 4) is 5.75 Å². The molecule has 1 rings (SSSR count). The first-order valence-electron chi connectivity index (χ1n) is 6.96. The van der Waals surface area contributed by atoms with Gasteiger partial charge in [-0.15, -0.1) is 0 Å². The van der Waals surface area contributed by atoms with Crippen LogP contribution in [0, 0.1) is 13.8 Å². The average molecular weight is 249 g/mol. The second kappa shape index (κ2) is 7.42. The summed E-state index contributed by atoms with van der Waals surface area (Å²) in [5.41, 5.74) is 3.94. The predicted octanol–water partition coefficient (Wildman–Crippen LogP) is 4.15. The van der Waals surface area contributed by atoms with Crippen molar-refractivity contribution in [2.75, 3.05) is 14.2 Å². The van der Waals surface area contributed by atoms with E-state index in [1.807, 2.05) is 0 Å². The van der Waals surface area contributed by atoms with E-state index >= 15 is 0 Å². The van der Waals surface area contributed by atoms with Gasteiger partial charge in [-0.1, -0.05) is 32.3 Å². The smallest absolute Gasteiger partial charge is 0.122 e. The van der Waals surface area contributed by atoms with Crippen molar-refractivity contribution >= 4 is 0 Å². The molecule has 0 radical (unpaired) electrons. The van der Waals surface area contributed by atoms with Gasteiger partial charge in [-0.25, -0.2) is 0 Å². The van der Waals surface area contributed by atoms with Crippen molar-refractivity contribution in [1.82, 2.24) is 5.32 Å². The number of methoxy groups -OCH3 is 1. The highest BCUT2D eigenvalue weighted by Crippen LogP contribution is 2.29. The van der Waals surface area contributed by atoms with Crippen LogP contribution in [0.1, 0.15) is 55.3 Å². The normalized spacial score (nSPS) is 12.5. The monoisotopic (exact) mass is 249 g/mol. The molecule has 102 valence electrons. The maximum atomic E-state index is 5.37. The molecule has 0 aliphatic carbocycles. The second-order valence-corrected chi connectivity index (χ2v) is 5.02.